The summed E-state index contributed by atoms with van der Waals surface area (Å²) in [5.41, 5.74) is 21.9. The summed E-state index contributed by atoms with van der Waals surface area (Å²) in [6, 6.07) is 45.9. The zero-order chi connectivity index (χ0) is 42.7. The molecule has 4 atom stereocenters. The van der Waals surface area contributed by atoms with Crippen molar-refractivity contribution in [1.29, 1.82) is 0 Å². The van der Waals surface area contributed by atoms with Gasteiger partial charge in [0.1, 0.15) is 0 Å². The van der Waals surface area contributed by atoms with Crippen LogP contribution in [0.3, 0.4) is 0 Å². The van der Waals surface area contributed by atoms with Gasteiger partial charge in [-0.05, 0) is 202 Å². The third-order valence-corrected chi connectivity index (χ3v) is 20.4. The highest BCUT2D eigenvalue weighted by Crippen LogP contribution is 2.68. The number of aromatic nitrogens is 2. The fourth-order valence-electron chi connectivity index (χ4n) is 18.7. The maximum absolute atomic E-state index is 16.4. The topological polar surface area (TPSA) is 43.0 Å². The van der Waals surface area contributed by atoms with E-state index in [0.29, 0.717) is 23.7 Å². The van der Waals surface area contributed by atoms with Crippen LogP contribution in [0.5, 0.6) is 0 Å². The Kier molecular flexibility index (Phi) is 5.98. The number of hydrogen-bond donors (Lipinski definition) is 0. The number of nitrogens with zero attached hydrogens (tertiary/aromatic N) is 2. The molecule has 12 aliphatic carbocycles. The third kappa shape index (κ3) is 3.65. The van der Waals surface area contributed by atoms with E-state index in [1.165, 1.54) is 131 Å². The highest BCUT2D eigenvalue weighted by Gasteiger charge is 2.61. The van der Waals surface area contributed by atoms with Gasteiger partial charge in [-0.15, -0.1) is 0 Å². The highest BCUT2D eigenvalue weighted by atomic mass is 16.2. The smallest absolute Gasteiger partial charge is 0.267 e. The molecule has 4 nitrogen and oxygen atoms in total. The van der Waals surface area contributed by atoms with Gasteiger partial charge in [0.15, 0.2) is 0 Å². The Bertz CT molecular complexity index is 3390. The molecule has 6 aromatic carbocycles. The molecule has 4 heteroatoms. The molecule has 20 rings (SSSR count). The van der Waals surface area contributed by atoms with Gasteiger partial charge in [-0.2, -0.15) is 4.52 Å². The van der Waals surface area contributed by atoms with E-state index in [2.05, 4.69) is 126 Å². The minimum Gasteiger partial charge on any atom is -0.267 e. The van der Waals surface area contributed by atoms with Crippen LogP contribution in [-0.2, 0) is 10.8 Å². The van der Waals surface area contributed by atoms with Crippen LogP contribution in [0.15, 0.2) is 131 Å². The Labute approximate surface area is 383 Å². The summed E-state index contributed by atoms with van der Waals surface area (Å²) in [6.45, 7) is 0. The number of benzene rings is 6. The van der Waals surface area contributed by atoms with E-state index in [1.807, 2.05) is 0 Å². The maximum Gasteiger partial charge on any atom is 0.279 e. The molecule has 4 unspecified atom stereocenters. The average molecular weight is 853 g/mol. The lowest BCUT2D eigenvalue weighted by atomic mass is 9.67. The first-order valence-corrected chi connectivity index (χ1v) is 25.4. The molecule has 2 heterocycles. The monoisotopic (exact) mass is 852 g/mol. The fourth-order valence-corrected chi connectivity index (χ4v) is 18.7. The Hall–Kier alpha value is -6.26. The van der Waals surface area contributed by atoms with Crippen molar-refractivity contribution in [2.45, 2.75) is 98.7 Å². The molecule has 0 amide bonds. The zero-order valence-electron chi connectivity index (χ0n) is 36.9. The van der Waals surface area contributed by atoms with Crippen molar-refractivity contribution in [2.24, 2.45) is 23.7 Å². The van der Waals surface area contributed by atoms with Crippen molar-refractivity contribution in [3.8, 4) is 44.8 Å². The van der Waals surface area contributed by atoms with Crippen molar-refractivity contribution in [2.75, 3.05) is 0 Å². The minimum atomic E-state index is -0.837. The Morgan fingerprint density at radius 1 is 0.333 bits per heavy atom. The third-order valence-electron chi connectivity index (χ3n) is 20.4. The molecule has 2 aromatic heterocycles. The zero-order valence-corrected chi connectivity index (χ0v) is 36.9. The molecule has 0 aliphatic heterocycles. The van der Waals surface area contributed by atoms with Gasteiger partial charge in [-0.3, -0.25) is 9.59 Å². The normalized spacial score (nSPS) is 28.7. The lowest BCUT2D eigenvalue weighted by Crippen LogP contribution is -2.37. The second kappa shape index (κ2) is 11.3. The Morgan fingerprint density at radius 3 is 0.970 bits per heavy atom. The van der Waals surface area contributed by atoms with Crippen LogP contribution >= 0.6 is 0 Å². The van der Waals surface area contributed by atoms with Gasteiger partial charge in [-0.25, -0.2) is 4.52 Å². The second-order valence-corrected chi connectivity index (χ2v) is 23.0. The molecule has 0 radical (unpaired) electrons. The van der Waals surface area contributed by atoms with E-state index in [0.717, 1.165) is 57.3 Å². The predicted molar refractivity (Wildman–Crippen MR) is 258 cm³/mol. The van der Waals surface area contributed by atoms with Crippen LogP contribution in [0.25, 0.3) is 44.8 Å². The first kappa shape index (κ1) is 35.0. The Morgan fingerprint density at radius 2 is 0.636 bits per heavy atom. The molecule has 8 aromatic rings. The molecule has 4 saturated carbocycles. The van der Waals surface area contributed by atoms with Gasteiger partial charge in [-0.1, -0.05) is 109 Å². The van der Waals surface area contributed by atoms with Crippen LogP contribution in [0.2, 0.25) is 0 Å². The van der Waals surface area contributed by atoms with Gasteiger partial charge in [0.25, 0.3) is 11.1 Å². The molecular formula is C62H48N2O2. The van der Waals surface area contributed by atoms with Crippen LogP contribution in [0, 0.1) is 23.7 Å². The van der Waals surface area contributed by atoms with E-state index in [4.69, 9.17) is 0 Å². The molecular weight excluding hydrogens is 805 g/mol. The summed E-state index contributed by atoms with van der Waals surface area (Å²) in [5.74, 6) is 5.37. The SMILES string of the molecule is O=c1c2c(n3c4c(c(=O)n13)C1(c3ccccc3-c3ccccc31)c1cc3c(cc1-4)C1CC4CC(C1)CC3C4)-c1cc3c(cc1C21c2ccccc2-c2ccccc21)C1CC2CC(CC3C2)C1. The van der Waals surface area contributed by atoms with Crippen molar-refractivity contribution in [1.82, 2.24) is 9.03 Å². The van der Waals surface area contributed by atoms with Crippen LogP contribution in [0.4, 0.5) is 0 Å². The molecule has 0 N–H and O–H groups in total. The summed E-state index contributed by atoms with van der Waals surface area (Å²) in [5, 5.41) is 0. The summed E-state index contributed by atoms with van der Waals surface area (Å²) in [7, 11) is 0. The van der Waals surface area contributed by atoms with Crippen LogP contribution in [0.1, 0.15) is 155 Å². The van der Waals surface area contributed by atoms with Crippen molar-refractivity contribution in [3.63, 3.8) is 0 Å². The fraction of sp³-hybridized carbons (Fsp3) is 0.323. The summed E-state index contributed by atoms with van der Waals surface area (Å²) >= 11 is 0. The van der Waals surface area contributed by atoms with Crippen LogP contribution in [-0.4, -0.2) is 9.03 Å². The van der Waals surface area contributed by atoms with Gasteiger partial charge in [0.05, 0.1) is 33.3 Å². The Balaban J connectivity index is 1.03. The second-order valence-electron chi connectivity index (χ2n) is 23.0. The van der Waals surface area contributed by atoms with Gasteiger partial charge < -0.3 is 0 Å². The van der Waals surface area contributed by atoms with E-state index >= 15 is 9.59 Å². The molecule has 12 aliphatic rings. The van der Waals surface area contributed by atoms with Crippen molar-refractivity contribution >= 4 is 0 Å². The quantitative estimate of drug-likeness (QED) is 0.153. The summed E-state index contributed by atoms with van der Waals surface area (Å²) in [4.78, 5) is 32.9. The largest absolute Gasteiger partial charge is 0.279 e. The van der Waals surface area contributed by atoms with E-state index in [-0.39, 0.29) is 11.1 Å². The van der Waals surface area contributed by atoms with Gasteiger partial charge in [0.2, 0.25) is 0 Å². The lowest BCUT2D eigenvalue weighted by molar-refractivity contribution is 0.165. The van der Waals surface area contributed by atoms with E-state index in [1.54, 1.807) is 15.6 Å². The first-order chi connectivity index (χ1) is 32.5. The molecule has 2 spiro atoms. The predicted octanol–water partition coefficient (Wildman–Crippen LogP) is 12.7. The summed E-state index contributed by atoms with van der Waals surface area (Å²) in [6.07, 6.45) is 13.0. The van der Waals surface area contributed by atoms with Gasteiger partial charge in [0, 0.05) is 11.1 Å². The minimum absolute atomic E-state index is 0.161. The van der Waals surface area contributed by atoms with Gasteiger partial charge >= 0.3 is 0 Å². The van der Waals surface area contributed by atoms with E-state index in [9.17, 15) is 0 Å². The highest BCUT2D eigenvalue weighted by molar-refractivity contribution is 5.98. The van der Waals surface area contributed by atoms with Crippen molar-refractivity contribution < 1.29 is 0 Å². The summed E-state index contributed by atoms with van der Waals surface area (Å²) < 4.78 is 3.86. The number of fused-ring (bicyclic) bond motifs is 23. The molecule has 0 saturated heterocycles. The molecule has 8 bridgehead atoms. The standard InChI is InChI=1S/C62H48N2O2/c65-59-55-57(47-27-43-35-19-31-17-32(20-35)24-37(23-31)45(43)29-53(47)61(55)49-13-5-1-9-39(49)40-10-2-6-14-50(40)61)63-58-48-28-44-36-21-33-18-34(22-36)26-38(25-33)46(44)30-54(48)62(56(58)60(66)64(59)63)51-15-7-3-11-41(51)42-12-4-8-16-52(42)62/h1-16,27-38H,17-26H2. The average Bonchev–Trinajstić information content (AvgIpc) is 4.09. The first-order valence-electron chi connectivity index (χ1n) is 25.4. The lowest BCUT2D eigenvalue weighted by Gasteiger charge is -2.38. The molecule has 66 heavy (non-hydrogen) atoms. The van der Waals surface area contributed by atoms with Crippen molar-refractivity contribution in [3.05, 3.63) is 209 Å². The molecule has 4 fully saturated rings. The number of rotatable bonds is 0. The number of hydrogen-bond acceptors (Lipinski definition) is 2. The van der Waals surface area contributed by atoms with Crippen LogP contribution < -0.4 is 11.1 Å². The molecule has 318 valence electrons. The maximum atomic E-state index is 16.4. The van der Waals surface area contributed by atoms with E-state index < -0.39 is 10.8 Å².